The molecule has 0 radical (unpaired) electrons. The van der Waals surface area contributed by atoms with Crippen molar-refractivity contribution in [3.63, 3.8) is 0 Å². The Bertz CT molecular complexity index is 194. The second-order valence-corrected chi connectivity index (χ2v) is 4.86. The van der Waals surface area contributed by atoms with Crippen molar-refractivity contribution in [1.29, 1.82) is 5.26 Å². The topological polar surface area (TPSA) is 39.1 Å². The predicted octanol–water partition coefficient (Wildman–Crippen LogP) is 1.86. The van der Waals surface area contributed by atoms with Gasteiger partial charge in [-0.05, 0) is 47.3 Å². The van der Waals surface area contributed by atoms with Crippen molar-refractivity contribution in [2.45, 2.75) is 33.1 Å². The maximum absolute atomic E-state index is 8.85. The highest BCUT2D eigenvalue weighted by atomic mass is 15.1. The van der Waals surface area contributed by atoms with Crippen molar-refractivity contribution in [3.8, 4) is 6.07 Å². The molecule has 0 atom stereocenters. The van der Waals surface area contributed by atoms with Gasteiger partial charge >= 0.3 is 0 Å². The van der Waals surface area contributed by atoms with Crippen LogP contribution in [0.3, 0.4) is 0 Å². The quantitative estimate of drug-likeness (QED) is 0.623. The standard InChI is InChI=1S/C12H25N3/c1-12(2,11-13)7-5-6-9-15(4)10-8-14-3/h14H,5-10H2,1-4H3. The molecule has 0 bridgehead atoms. The third-order valence-electron chi connectivity index (χ3n) is 2.64. The second-order valence-electron chi connectivity index (χ2n) is 4.86. The van der Waals surface area contributed by atoms with Crippen LogP contribution in [0.15, 0.2) is 0 Å². The van der Waals surface area contributed by atoms with Gasteiger partial charge in [-0.3, -0.25) is 0 Å². The second kappa shape index (κ2) is 7.67. The lowest BCUT2D eigenvalue weighted by molar-refractivity contribution is 0.315. The van der Waals surface area contributed by atoms with Crippen molar-refractivity contribution in [1.82, 2.24) is 10.2 Å². The summed E-state index contributed by atoms with van der Waals surface area (Å²) in [7, 11) is 4.12. The highest BCUT2D eigenvalue weighted by Gasteiger charge is 2.15. The van der Waals surface area contributed by atoms with E-state index in [-0.39, 0.29) is 5.41 Å². The van der Waals surface area contributed by atoms with Crippen molar-refractivity contribution < 1.29 is 0 Å². The summed E-state index contributed by atoms with van der Waals surface area (Å²) in [4.78, 5) is 2.33. The normalized spacial score (nSPS) is 11.7. The van der Waals surface area contributed by atoms with E-state index in [9.17, 15) is 0 Å². The highest BCUT2D eigenvalue weighted by Crippen LogP contribution is 2.21. The maximum atomic E-state index is 8.85. The summed E-state index contributed by atoms with van der Waals surface area (Å²) in [5.41, 5.74) is -0.149. The van der Waals surface area contributed by atoms with Crippen LogP contribution >= 0.6 is 0 Å². The molecule has 0 aliphatic rings. The Morgan fingerprint density at radius 1 is 1.27 bits per heavy atom. The number of likely N-dealkylation sites (N-methyl/N-ethyl adjacent to an activating group) is 2. The Hall–Kier alpha value is -0.590. The Morgan fingerprint density at radius 3 is 2.47 bits per heavy atom. The molecule has 1 N–H and O–H groups in total. The first-order chi connectivity index (χ1) is 7.02. The molecule has 0 saturated heterocycles. The monoisotopic (exact) mass is 211 g/mol. The average Bonchev–Trinajstić information content (AvgIpc) is 2.21. The molecule has 0 aromatic heterocycles. The van der Waals surface area contributed by atoms with Crippen LogP contribution in [0.25, 0.3) is 0 Å². The number of rotatable bonds is 8. The molecule has 0 spiro atoms. The van der Waals surface area contributed by atoms with E-state index in [0.717, 1.165) is 32.5 Å². The third-order valence-corrected chi connectivity index (χ3v) is 2.64. The average molecular weight is 211 g/mol. The first kappa shape index (κ1) is 14.4. The van der Waals surface area contributed by atoms with E-state index in [1.807, 2.05) is 20.9 Å². The Balaban J connectivity index is 3.43. The molecule has 0 heterocycles. The molecule has 0 aromatic rings. The minimum Gasteiger partial charge on any atom is -0.318 e. The number of unbranched alkanes of at least 4 members (excludes halogenated alkanes) is 1. The van der Waals surface area contributed by atoms with Gasteiger partial charge < -0.3 is 10.2 Å². The lowest BCUT2D eigenvalue weighted by Crippen LogP contribution is -2.28. The van der Waals surface area contributed by atoms with Gasteiger partial charge in [-0.1, -0.05) is 6.42 Å². The fourth-order valence-electron chi connectivity index (χ4n) is 1.42. The fraction of sp³-hybridized carbons (Fsp3) is 0.917. The Kier molecular flexibility index (Phi) is 7.37. The highest BCUT2D eigenvalue weighted by molar-refractivity contribution is 4.91. The van der Waals surface area contributed by atoms with Gasteiger partial charge in [-0.25, -0.2) is 0 Å². The van der Waals surface area contributed by atoms with E-state index in [1.165, 1.54) is 6.42 Å². The van der Waals surface area contributed by atoms with Crippen molar-refractivity contribution in [2.24, 2.45) is 5.41 Å². The van der Waals surface area contributed by atoms with Crippen LogP contribution in [0.5, 0.6) is 0 Å². The molecule has 0 saturated carbocycles. The van der Waals surface area contributed by atoms with Crippen LogP contribution in [0.2, 0.25) is 0 Å². The first-order valence-electron chi connectivity index (χ1n) is 5.76. The molecule has 0 fully saturated rings. The number of nitrogens with zero attached hydrogens (tertiary/aromatic N) is 2. The Morgan fingerprint density at radius 2 is 1.93 bits per heavy atom. The van der Waals surface area contributed by atoms with Crippen LogP contribution in [-0.2, 0) is 0 Å². The molecule has 88 valence electrons. The first-order valence-corrected chi connectivity index (χ1v) is 5.76. The van der Waals surface area contributed by atoms with E-state index < -0.39 is 0 Å². The van der Waals surface area contributed by atoms with E-state index in [4.69, 9.17) is 5.26 Å². The predicted molar refractivity (Wildman–Crippen MR) is 64.7 cm³/mol. The summed E-state index contributed by atoms with van der Waals surface area (Å²) in [5, 5.41) is 12.0. The maximum Gasteiger partial charge on any atom is 0.0683 e. The smallest absolute Gasteiger partial charge is 0.0683 e. The zero-order chi connectivity index (χ0) is 11.7. The SMILES string of the molecule is CNCCN(C)CCCCC(C)(C)C#N. The van der Waals surface area contributed by atoms with Crippen molar-refractivity contribution in [2.75, 3.05) is 33.7 Å². The van der Waals surface area contributed by atoms with E-state index in [1.54, 1.807) is 0 Å². The Labute approximate surface area is 94.5 Å². The van der Waals surface area contributed by atoms with Gasteiger partial charge in [0.15, 0.2) is 0 Å². The molecular formula is C12H25N3. The summed E-state index contributed by atoms with van der Waals surface area (Å²) in [6.07, 6.45) is 3.33. The van der Waals surface area contributed by atoms with Gasteiger partial charge in [0, 0.05) is 13.1 Å². The van der Waals surface area contributed by atoms with E-state index in [2.05, 4.69) is 23.3 Å². The fourth-order valence-corrected chi connectivity index (χ4v) is 1.42. The molecular weight excluding hydrogens is 186 g/mol. The van der Waals surface area contributed by atoms with Crippen molar-refractivity contribution >= 4 is 0 Å². The molecule has 0 unspecified atom stereocenters. The summed E-state index contributed by atoms with van der Waals surface area (Å²) in [5.74, 6) is 0. The summed E-state index contributed by atoms with van der Waals surface area (Å²) >= 11 is 0. The van der Waals surface area contributed by atoms with Crippen LogP contribution in [0, 0.1) is 16.7 Å². The molecule has 3 nitrogen and oxygen atoms in total. The molecule has 3 heteroatoms. The number of hydrogen-bond acceptors (Lipinski definition) is 3. The van der Waals surface area contributed by atoms with Crippen LogP contribution in [0.1, 0.15) is 33.1 Å². The van der Waals surface area contributed by atoms with Gasteiger partial charge in [-0.15, -0.1) is 0 Å². The largest absolute Gasteiger partial charge is 0.318 e. The third kappa shape index (κ3) is 8.41. The molecule has 0 aromatic carbocycles. The summed E-state index contributed by atoms with van der Waals surface area (Å²) < 4.78 is 0. The molecule has 15 heavy (non-hydrogen) atoms. The summed E-state index contributed by atoms with van der Waals surface area (Å²) in [6, 6.07) is 2.34. The lowest BCUT2D eigenvalue weighted by atomic mass is 9.89. The van der Waals surface area contributed by atoms with E-state index in [0.29, 0.717) is 0 Å². The van der Waals surface area contributed by atoms with Gasteiger partial charge in [-0.2, -0.15) is 5.26 Å². The molecule has 0 aliphatic heterocycles. The molecule has 0 amide bonds. The van der Waals surface area contributed by atoms with Crippen molar-refractivity contribution in [3.05, 3.63) is 0 Å². The van der Waals surface area contributed by atoms with Crippen LogP contribution in [0.4, 0.5) is 0 Å². The number of nitriles is 1. The lowest BCUT2D eigenvalue weighted by Gasteiger charge is -2.18. The molecule has 0 rings (SSSR count). The van der Waals surface area contributed by atoms with E-state index >= 15 is 0 Å². The zero-order valence-corrected chi connectivity index (χ0v) is 10.6. The minimum atomic E-state index is -0.149. The number of nitrogens with one attached hydrogen (secondary N) is 1. The van der Waals surface area contributed by atoms with Gasteiger partial charge in [0.1, 0.15) is 0 Å². The van der Waals surface area contributed by atoms with Crippen LogP contribution < -0.4 is 5.32 Å². The minimum absolute atomic E-state index is 0.149. The zero-order valence-electron chi connectivity index (χ0n) is 10.6. The van der Waals surface area contributed by atoms with Gasteiger partial charge in [0.25, 0.3) is 0 Å². The number of hydrogen-bond donors (Lipinski definition) is 1. The summed E-state index contributed by atoms with van der Waals surface area (Å²) in [6.45, 7) is 7.29. The van der Waals surface area contributed by atoms with Crippen LogP contribution in [-0.4, -0.2) is 38.6 Å². The van der Waals surface area contributed by atoms with Gasteiger partial charge in [0.05, 0.1) is 11.5 Å². The molecule has 0 aliphatic carbocycles. The van der Waals surface area contributed by atoms with Gasteiger partial charge in [0.2, 0.25) is 0 Å².